The Morgan fingerprint density at radius 3 is 2.43 bits per heavy atom. The minimum atomic E-state index is 0.525. The van der Waals surface area contributed by atoms with E-state index in [2.05, 4.69) is 12.2 Å². The van der Waals surface area contributed by atoms with Crippen LogP contribution in [0.2, 0.25) is 0 Å². The van der Waals surface area contributed by atoms with Gasteiger partial charge in [-0.15, -0.1) is 0 Å². The Labute approximate surface area is 88.2 Å². The van der Waals surface area contributed by atoms with Gasteiger partial charge in [-0.1, -0.05) is 13.3 Å². The summed E-state index contributed by atoms with van der Waals surface area (Å²) in [7, 11) is 3.73. The lowest BCUT2D eigenvalue weighted by molar-refractivity contribution is 0.115. The minimum Gasteiger partial charge on any atom is -0.385 e. The van der Waals surface area contributed by atoms with Crippen LogP contribution in [0.25, 0.3) is 0 Å². The summed E-state index contributed by atoms with van der Waals surface area (Å²) in [5, 5.41) is 3.27. The van der Waals surface area contributed by atoms with Crippen LogP contribution < -0.4 is 5.32 Å². The van der Waals surface area contributed by atoms with Crippen molar-refractivity contribution in [1.29, 1.82) is 0 Å². The normalized spacial score (nSPS) is 13.1. The van der Waals surface area contributed by atoms with Gasteiger partial charge in [0.2, 0.25) is 0 Å². The summed E-state index contributed by atoms with van der Waals surface area (Å²) in [5.74, 6) is 0. The van der Waals surface area contributed by atoms with E-state index in [1.54, 1.807) is 7.11 Å². The number of rotatable bonds is 10. The fourth-order valence-electron chi connectivity index (χ4n) is 1.27. The predicted octanol–water partition coefficient (Wildman–Crippen LogP) is 1.82. The Balaban J connectivity index is 3.24. The molecular weight excluding hydrogens is 178 g/mol. The molecule has 0 bridgehead atoms. The topological polar surface area (TPSA) is 30.5 Å². The van der Waals surface area contributed by atoms with Crippen molar-refractivity contribution in [3.63, 3.8) is 0 Å². The Kier molecular flexibility index (Phi) is 10.9. The van der Waals surface area contributed by atoms with Gasteiger partial charge >= 0.3 is 0 Å². The molecule has 0 saturated heterocycles. The van der Waals surface area contributed by atoms with Crippen molar-refractivity contribution in [2.75, 3.05) is 34.0 Å². The van der Waals surface area contributed by atoms with Gasteiger partial charge < -0.3 is 14.8 Å². The molecule has 0 aliphatic carbocycles. The lowest BCUT2D eigenvalue weighted by Gasteiger charge is -2.15. The Morgan fingerprint density at radius 2 is 1.86 bits per heavy atom. The summed E-state index contributed by atoms with van der Waals surface area (Å²) in [6.45, 7) is 4.76. The molecule has 0 radical (unpaired) electrons. The lowest BCUT2D eigenvalue weighted by Crippen LogP contribution is -2.28. The number of nitrogens with one attached hydrogen (secondary N) is 1. The molecule has 0 aromatic heterocycles. The van der Waals surface area contributed by atoms with Gasteiger partial charge in [-0.3, -0.25) is 0 Å². The average Bonchev–Trinajstić information content (AvgIpc) is 2.22. The van der Waals surface area contributed by atoms with Crippen molar-refractivity contribution >= 4 is 0 Å². The van der Waals surface area contributed by atoms with Crippen LogP contribution >= 0.6 is 0 Å². The molecule has 0 aromatic carbocycles. The zero-order valence-electron chi connectivity index (χ0n) is 9.84. The highest BCUT2D eigenvalue weighted by Gasteiger charge is 2.04. The van der Waals surface area contributed by atoms with Gasteiger partial charge in [-0.25, -0.2) is 0 Å². The SMILES string of the molecule is CCCCOCCC(CCOC)NC. The largest absolute Gasteiger partial charge is 0.385 e. The van der Waals surface area contributed by atoms with Gasteiger partial charge in [0.15, 0.2) is 0 Å². The molecule has 0 saturated carbocycles. The van der Waals surface area contributed by atoms with Crippen LogP contribution in [0, 0.1) is 0 Å². The van der Waals surface area contributed by atoms with Gasteiger partial charge in [0.05, 0.1) is 0 Å². The van der Waals surface area contributed by atoms with E-state index in [-0.39, 0.29) is 0 Å². The molecule has 0 aliphatic heterocycles. The van der Waals surface area contributed by atoms with Gasteiger partial charge in [0.1, 0.15) is 0 Å². The predicted molar refractivity (Wildman–Crippen MR) is 59.7 cm³/mol. The van der Waals surface area contributed by atoms with E-state index in [4.69, 9.17) is 9.47 Å². The Morgan fingerprint density at radius 1 is 1.14 bits per heavy atom. The van der Waals surface area contributed by atoms with Gasteiger partial charge in [0, 0.05) is 33.0 Å². The molecule has 0 spiro atoms. The van der Waals surface area contributed by atoms with E-state index in [9.17, 15) is 0 Å². The van der Waals surface area contributed by atoms with Crippen LogP contribution in [0.1, 0.15) is 32.6 Å². The third-order valence-electron chi connectivity index (χ3n) is 2.33. The third-order valence-corrected chi connectivity index (χ3v) is 2.33. The van der Waals surface area contributed by atoms with Crippen LogP contribution in [0.5, 0.6) is 0 Å². The molecule has 3 heteroatoms. The van der Waals surface area contributed by atoms with Crippen LogP contribution in [0.15, 0.2) is 0 Å². The molecule has 0 aromatic rings. The van der Waals surface area contributed by atoms with Crippen molar-refractivity contribution in [1.82, 2.24) is 5.32 Å². The smallest absolute Gasteiger partial charge is 0.0480 e. The number of unbranched alkanes of at least 4 members (excludes halogenated alkanes) is 1. The molecule has 1 atom stereocenters. The summed E-state index contributed by atoms with van der Waals surface area (Å²) < 4.78 is 10.5. The van der Waals surface area contributed by atoms with Gasteiger partial charge in [-0.05, 0) is 26.3 Å². The second-order valence-corrected chi connectivity index (χ2v) is 3.52. The van der Waals surface area contributed by atoms with E-state index in [1.807, 2.05) is 7.05 Å². The highest BCUT2D eigenvalue weighted by atomic mass is 16.5. The zero-order valence-corrected chi connectivity index (χ0v) is 9.84. The second kappa shape index (κ2) is 11.0. The Bertz CT molecular complexity index is 109. The molecule has 0 rings (SSSR count). The lowest BCUT2D eigenvalue weighted by atomic mass is 10.1. The maximum absolute atomic E-state index is 5.51. The first kappa shape index (κ1) is 13.9. The summed E-state index contributed by atoms with van der Waals surface area (Å²) in [6, 6.07) is 0.525. The van der Waals surface area contributed by atoms with Crippen LogP contribution in [-0.4, -0.2) is 40.0 Å². The van der Waals surface area contributed by atoms with E-state index >= 15 is 0 Å². The highest BCUT2D eigenvalue weighted by molar-refractivity contribution is 4.63. The van der Waals surface area contributed by atoms with Crippen molar-refractivity contribution in [3.05, 3.63) is 0 Å². The van der Waals surface area contributed by atoms with Crippen LogP contribution in [0.4, 0.5) is 0 Å². The van der Waals surface area contributed by atoms with Crippen molar-refractivity contribution < 1.29 is 9.47 Å². The summed E-state index contributed by atoms with van der Waals surface area (Å²) in [6.07, 6.45) is 4.51. The van der Waals surface area contributed by atoms with E-state index in [0.29, 0.717) is 6.04 Å². The van der Waals surface area contributed by atoms with Crippen molar-refractivity contribution in [2.45, 2.75) is 38.6 Å². The molecule has 0 fully saturated rings. The molecule has 0 heterocycles. The molecular formula is C11H25NO2. The summed E-state index contributed by atoms with van der Waals surface area (Å²) in [5.41, 5.74) is 0. The number of hydrogen-bond donors (Lipinski definition) is 1. The van der Waals surface area contributed by atoms with Crippen LogP contribution in [-0.2, 0) is 9.47 Å². The molecule has 86 valence electrons. The maximum atomic E-state index is 5.51. The molecule has 1 unspecified atom stereocenters. The summed E-state index contributed by atoms with van der Waals surface area (Å²) >= 11 is 0. The first-order valence-corrected chi connectivity index (χ1v) is 5.59. The van der Waals surface area contributed by atoms with Gasteiger partial charge in [0.25, 0.3) is 0 Å². The van der Waals surface area contributed by atoms with Crippen molar-refractivity contribution in [2.24, 2.45) is 0 Å². The molecule has 14 heavy (non-hydrogen) atoms. The summed E-state index contributed by atoms with van der Waals surface area (Å²) in [4.78, 5) is 0. The molecule has 0 amide bonds. The standard InChI is InChI=1S/C11H25NO2/c1-4-5-8-14-10-7-11(12-2)6-9-13-3/h11-12H,4-10H2,1-3H3. The molecule has 3 nitrogen and oxygen atoms in total. The average molecular weight is 203 g/mol. The zero-order chi connectivity index (χ0) is 10.6. The molecule has 0 aliphatic rings. The van der Waals surface area contributed by atoms with Gasteiger partial charge in [-0.2, -0.15) is 0 Å². The highest BCUT2D eigenvalue weighted by Crippen LogP contribution is 1.99. The first-order chi connectivity index (χ1) is 6.85. The number of methoxy groups -OCH3 is 1. The number of ether oxygens (including phenoxy) is 2. The minimum absolute atomic E-state index is 0.525. The fourth-order valence-corrected chi connectivity index (χ4v) is 1.27. The second-order valence-electron chi connectivity index (χ2n) is 3.52. The number of hydrogen-bond acceptors (Lipinski definition) is 3. The first-order valence-electron chi connectivity index (χ1n) is 5.59. The monoisotopic (exact) mass is 203 g/mol. The Hall–Kier alpha value is -0.120. The quantitative estimate of drug-likeness (QED) is 0.549. The third kappa shape index (κ3) is 8.48. The maximum Gasteiger partial charge on any atom is 0.0480 e. The van der Waals surface area contributed by atoms with E-state index in [1.165, 1.54) is 12.8 Å². The van der Waals surface area contributed by atoms with Crippen molar-refractivity contribution in [3.8, 4) is 0 Å². The van der Waals surface area contributed by atoms with E-state index < -0.39 is 0 Å². The fraction of sp³-hybridized carbons (Fsp3) is 1.00. The molecule has 1 N–H and O–H groups in total. The van der Waals surface area contributed by atoms with Crippen LogP contribution in [0.3, 0.4) is 0 Å². The van der Waals surface area contributed by atoms with E-state index in [0.717, 1.165) is 32.7 Å².